The number of nitrogens with zero attached hydrogens (tertiary/aromatic N) is 1. The maximum Gasteiger partial charge on any atom is 0.338 e. The first-order valence-corrected chi connectivity index (χ1v) is 9.93. The molecular weight excluding hydrogens is 370 g/mol. The first-order valence-electron chi connectivity index (χ1n) is 9.93. The molecule has 0 aliphatic heterocycles. The molecule has 29 heavy (non-hydrogen) atoms. The van der Waals surface area contributed by atoms with Crippen molar-refractivity contribution in [2.45, 2.75) is 58.6 Å². The van der Waals surface area contributed by atoms with Crippen LogP contribution in [0.2, 0.25) is 0 Å². The molecule has 0 saturated heterocycles. The number of carbonyl (C=O) groups excluding carboxylic acids is 3. The molecule has 0 radical (unpaired) electrons. The van der Waals surface area contributed by atoms with Crippen molar-refractivity contribution in [1.29, 1.82) is 0 Å². The number of imide groups is 1. The maximum atomic E-state index is 12.3. The van der Waals surface area contributed by atoms with Crippen LogP contribution in [0.3, 0.4) is 0 Å². The minimum atomic E-state index is -1.08. The van der Waals surface area contributed by atoms with Crippen LogP contribution in [-0.4, -0.2) is 34.6 Å². The summed E-state index contributed by atoms with van der Waals surface area (Å²) in [5, 5.41) is 5.00. The maximum absolute atomic E-state index is 12.3. The van der Waals surface area contributed by atoms with Gasteiger partial charge in [-0.1, -0.05) is 12.8 Å². The predicted molar refractivity (Wildman–Crippen MR) is 109 cm³/mol. The van der Waals surface area contributed by atoms with Crippen LogP contribution in [0.1, 0.15) is 54.4 Å². The number of carbonyl (C=O) groups is 3. The number of esters is 1. The zero-order chi connectivity index (χ0) is 21.0. The number of urea groups is 1. The topological polar surface area (TPSA) is 89.4 Å². The van der Waals surface area contributed by atoms with Crippen LogP contribution in [0.15, 0.2) is 36.4 Å². The standard InChI is InChI=1S/C22H27N3O4/c1-14-8-9-15(2)25(14)19-12-10-17(11-13-19)21(27)29-16(3)20(26)24-22(28)23-18-6-4-5-7-18/h8-13,16,18H,4-7H2,1-3H3,(H2,23,24,26,28)/t16-/m0/s1. The Labute approximate surface area is 170 Å². The molecule has 1 aliphatic rings. The van der Waals surface area contributed by atoms with E-state index in [0.717, 1.165) is 42.8 Å². The largest absolute Gasteiger partial charge is 0.449 e. The zero-order valence-corrected chi connectivity index (χ0v) is 17.0. The predicted octanol–water partition coefficient (Wildman–Crippen LogP) is 3.41. The number of ether oxygens (including phenoxy) is 1. The Morgan fingerprint density at radius 3 is 2.17 bits per heavy atom. The van der Waals surface area contributed by atoms with E-state index in [1.165, 1.54) is 6.92 Å². The molecule has 3 amide bonds. The summed E-state index contributed by atoms with van der Waals surface area (Å²) in [5.74, 6) is -1.26. The van der Waals surface area contributed by atoms with Gasteiger partial charge in [0.15, 0.2) is 6.10 Å². The minimum Gasteiger partial charge on any atom is -0.449 e. The van der Waals surface area contributed by atoms with Crippen molar-refractivity contribution in [1.82, 2.24) is 15.2 Å². The summed E-state index contributed by atoms with van der Waals surface area (Å²) >= 11 is 0. The highest BCUT2D eigenvalue weighted by molar-refractivity contribution is 5.98. The van der Waals surface area contributed by atoms with Crippen LogP contribution in [0.4, 0.5) is 4.79 Å². The van der Waals surface area contributed by atoms with Crippen LogP contribution >= 0.6 is 0 Å². The van der Waals surface area contributed by atoms with Crippen LogP contribution in [0.5, 0.6) is 0 Å². The van der Waals surface area contributed by atoms with Crippen molar-refractivity contribution in [2.75, 3.05) is 0 Å². The molecule has 7 heteroatoms. The van der Waals surface area contributed by atoms with Crippen molar-refractivity contribution in [2.24, 2.45) is 0 Å². The van der Waals surface area contributed by atoms with Crippen molar-refractivity contribution in [3.8, 4) is 5.69 Å². The lowest BCUT2D eigenvalue weighted by molar-refractivity contribution is -0.127. The smallest absolute Gasteiger partial charge is 0.338 e. The molecule has 0 spiro atoms. The van der Waals surface area contributed by atoms with E-state index in [1.807, 2.05) is 38.1 Å². The molecule has 1 aromatic carbocycles. The van der Waals surface area contributed by atoms with E-state index < -0.39 is 24.0 Å². The van der Waals surface area contributed by atoms with E-state index in [1.54, 1.807) is 12.1 Å². The van der Waals surface area contributed by atoms with E-state index in [4.69, 9.17) is 4.74 Å². The molecule has 3 rings (SSSR count). The molecule has 1 fully saturated rings. The van der Waals surface area contributed by atoms with Gasteiger partial charge in [0.2, 0.25) is 0 Å². The van der Waals surface area contributed by atoms with Gasteiger partial charge < -0.3 is 14.6 Å². The van der Waals surface area contributed by atoms with E-state index >= 15 is 0 Å². The second-order valence-corrected chi connectivity index (χ2v) is 7.49. The normalized spacial score (nSPS) is 15.0. The fourth-order valence-corrected chi connectivity index (χ4v) is 3.61. The lowest BCUT2D eigenvalue weighted by Gasteiger charge is -2.16. The average molecular weight is 397 g/mol. The lowest BCUT2D eigenvalue weighted by Crippen LogP contribution is -2.47. The average Bonchev–Trinajstić information content (AvgIpc) is 3.31. The molecule has 1 aliphatic carbocycles. The number of nitrogens with one attached hydrogen (secondary N) is 2. The highest BCUT2D eigenvalue weighted by atomic mass is 16.5. The van der Waals surface area contributed by atoms with Gasteiger partial charge in [-0.2, -0.15) is 0 Å². The molecule has 2 aromatic rings. The highest BCUT2D eigenvalue weighted by Gasteiger charge is 2.23. The summed E-state index contributed by atoms with van der Waals surface area (Å²) in [6.45, 7) is 5.47. The van der Waals surface area contributed by atoms with Crippen molar-refractivity contribution >= 4 is 17.9 Å². The molecule has 1 heterocycles. The number of benzene rings is 1. The van der Waals surface area contributed by atoms with Gasteiger partial charge in [0.25, 0.3) is 5.91 Å². The van der Waals surface area contributed by atoms with Crippen LogP contribution in [-0.2, 0) is 9.53 Å². The van der Waals surface area contributed by atoms with E-state index in [-0.39, 0.29) is 6.04 Å². The van der Waals surface area contributed by atoms with Crippen molar-refractivity contribution in [3.63, 3.8) is 0 Å². The Bertz CT molecular complexity index is 876. The summed E-state index contributed by atoms with van der Waals surface area (Å²) in [4.78, 5) is 36.4. The Morgan fingerprint density at radius 1 is 1.00 bits per heavy atom. The zero-order valence-electron chi connectivity index (χ0n) is 17.0. The van der Waals surface area contributed by atoms with Gasteiger partial charge in [-0.05, 0) is 70.0 Å². The van der Waals surface area contributed by atoms with E-state index in [0.29, 0.717) is 5.56 Å². The van der Waals surface area contributed by atoms with Gasteiger partial charge in [0.1, 0.15) is 0 Å². The van der Waals surface area contributed by atoms with Crippen molar-refractivity contribution in [3.05, 3.63) is 53.3 Å². The van der Waals surface area contributed by atoms with Gasteiger partial charge in [0.05, 0.1) is 5.56 Å². The van der Waals surface area contributed by atoms with E-state index in [2.05, 4.69) is 15.2 Å². The monoisotopic (exact) mass is 397 g/mol. The van der Waals surface area contributed by atoms with Crippen LogP contribution in [0.25, 0.3) is 5.69 Å². The van der Waals surface area contributed by atoms with Crippen LogP contribution in [0, 0.1) is 13.8 Å². The SMILES string of the molecule is Cc1ccc(C)n1-c1ccc(C(=O)O[C@@H](C)C(=O)NC(=O)NC2CCCC2)cc1. The third-order valence-electron chi connectivity index (χ3n) is 5.21. The lowest BCUT2D eigenvalue weighted by atomic mass is 10.2. The van der Waals surface area contributed by atoms with Gasteiger partial charge in [-0.25, -0.2) is 9.59 Å². The molecule has 1 saturated carbocycles. The molecule has 0 bridgehead atoms. The van der Waals surface area contributed by atoms with Gasteiger partial charge >= 0.3 is 12.0 Å². The molecule has 1 aromatic heterocycles. The summed E-state index contributed by atoms with van der Waals surface area (Å²) in [7, 11) is 0. The second kappa shape index (κ2) is 8.94. The minimum absolute atomic E-state index is 0.103. The number of aryl methyl sites for hydroxylation is 2. The van der Waals surface area contributed by atoms with Gasteiger partial charge in [0, 0.05) is 23.1 Å². The summed E-state index contributed by atoms with van der Waals surface area (Å²) < 4.78 is 7.29. The van der Waals surface area contributed by atoms with Crippen molar-refractivity contribution < 1.29 is 19.1 Å². The number of hydrogen-bond acceptors (Lipinski definition) is 4. The summed E-state index contributed by atoms with van der Waals surface area (Å²) in [5.41, 5.74) is 3.47. The van der Waals surface area contributed by atoms with E-state index in [9.17, 15) is 14.4 Å². The fraction of sp³-hybridized carbons (Fsp3) is 0.409. The number of amides is 3. The number of rotatable bonds is 5. The summed E-state index contributed by atoms with van der Waals surface area (Å²) in [6.07, 6.45) is 2.92. The second-order valence-electron chi connectivity index (χ2n) is 7.49. The quantitative estimate of drug-likeness (QED) is 0.757. The molecule has 2 N–H and O–H groups in total. The third-order valence-corrected chi connectivity index (χ3v) is 5.21. The Kier molecular flexibility index (Phi) is 6.36. The molecule has 154 valence electrons. The van der Waals surface area contributed by atoms with Gasteiger partial charge in [-0.3, -0.25) is 10.1 Å². The van der Waals surface area contributed by atoms with Gasteiger partial charge in [-0.15, -0.1) is 0 Å². The Morgan fingerprint density at radius 2 is 1.59 bits per heavy atom. The Hall–Kier alpha value is -3.09. The highest BCUT2D eigenvalue weighted by Crippen LogP contribution is 2.18. The summed E-state index contributed by atoms with van der Waals surface area (Å²) in [6, 6.07) is 10.6. The van der Waals surface area contributed by atoms with Crippen LogP contribution < -0.4 is 10.6 Å². The fourth-order valence-electron chi connectivity index (χ4n) is 3.61. The first kappa shape index (κ1) is 20.6. The first-order chi connectivity index (χ1) is 13.8. The number of hydrogen-bond donors (Lipinski definition) is 2. The third kappa shape index (κ3) is 5.04. The molecule has 1 atom stereocenters. The molecule has 7 nitrogen and oxygen atoms in total. The molecular formula is C22H27N3O4. The number of aromatic nitrogens is 1. The Balaban J connectivity index is 1.54. The molecule has 0 unspecified atom stereocenters.